The highest BCUT2D eigenvalue weighted by Gasteiger charge is 2.32. The number of thiocarbonyl (C=S) groups is 1. The van der Waals surface area contributed by atoms with Gasteiger partial charge in [0.05, 0.1) is 22.2 Å². The van der Waals surface area contributed by atoms with E-state index in [1.54, 1.807) is 4.90 Å². The Kier molecular flexibility index (Phi) is 12.7. The Bertz CT molecular complexity index is 1440. The lowest BCUT2D eigenvalue weighted by atomic mass is 10.1. The van der Waals surface area contributed by atoms with Crippen LogP contribution in [0.1, 0.15) is 76.7 Å². The van der Waals surface area contributed by atoms with Crippen molar-refractivity contribution in [2.24, 2.45) is 0 Å². The van der Waals surface area contributed by atoms with Gasteiger partial charge < -0.3 is 9.84 Å². The zero-order valence-electron chi connectivity index (χ0n) is 24.5. The van der Waals surface area contributed by atoms with Gasteiger partial charge in [0, 0.05) is 30.3 Å². The number of rotatable bonds is 17. The molecule has 0 atom stereocenters. The zero-order valence-corrected chi connectivity index (χ0v) is 26.9. The van der Waals surface area contributed by atoms with E-state index < -0.39 is 5.97 Å². The van der Waals surface area contributed by atoms with E-state index in [1.807, 2.05) is 72.4 Å². The van der Waals surface area contributed by atoms with Crippen molar-refractivity contribution in [1.29, 1.82) is 0 Å². The Labute approximate surface area is 268 Å². The van der Waals surface area contributed by atoms with Crippen LogP contribution in [0.5, 0.6) is 5.75 Å². The van der Waals surface area contributed by atoms with Gasteiger partial charge in [0.2, 0.25) is 0 Å². The number of carbonyl (C=O) groups is 2. The number of ether oxygens (including phenoxy) is 1. The molecule has 0 bridgehead atoms. The number of carbonyl (C=O) groups excluding carboxylic acids is 1. The molecule has 1 aliphatic rings. The topological polar surface area (TPSA) is 84.7 Å². The summed E-state index contributed by atoms with van der Waals surface area (Å²) in [6, 6.07) is 15.5. The number of benzene rings is 2. The first kappa shape index (κ1) is 32.8. The number of hydrogen-bond donors (Lipinski definition) is 1. The molecule has 228 valence electrons. The van der Waals surface area contributed by atoms with Crippen LogP contribution in [-0.4, -0.2) is 49.1 Å². The van der Waals surface area contributed by atoms with Crippen LogP contribution in [0.15, 0.2) is 59.6 Å². The summed E-state index contributed by atoms with van der Waals surface area (Å²) in [5.41, 5.74) is 3.24. The third-order valence-corrected chi connectivity index (χ3v) is 8.79. The van der Waals surface area contributed by atoms with Gasteiger partial charge in [0.1, 0.15) is 15.8 Å². The number of thioether (sulfide) groups is 1. The summed E-state index contributed by atoms with van der Waals surface area (Å²) >= 11 is 13.5. The number of unbranched alkanes of at least 4 members (excludes halogenated alkanes) is 7. The van der Waals surface area contributed by atoms with Crippen LogP contribution in [0.4, 0.5) is 0 Å². The SMILES string of the molecule is CCCOc1ccc(-c2nn(-c3ccccc3)cc2/C=C2\SC(=S)N(CCCCCCCCCCC(=O)O)C2=O)cc1Cl. The van der Waals surface area contributed by atoms with Gasteiger partial charge in [0.15, 0.2) is 0 Å². The van der Waals surface area contributed by atoms with E-state index in [1.165, 1.54) is 11.8 Å². The summed E-state index contributed by atoms with van der Waals surface area (Å²) in [5, 5.41) is 14.1. The molecule has 43 heavy (non-hydrogen) atoms. The Morgan fingerprint density at radius 1 is 1.05 bits per heavy atom. The largest absolute Gasteiger partial charge is 0.492 e. The van der Waals surface area contributed by atoms with Gasteiger partial charge in [-0.05, 0) is 55.7 Å². The fourth-order valence-electron chi connectivity index (χ4n) is 4.85. The van der Waals surface area contributed by atoms with Gasteiger partial charge in [0.25, 0.3) is 5.91 Å². The summed E-state index contributed by atoms with van der Waals surface area (Å²) < 4.78 is 8.14. The number of aliphatic carboxylic acids is 1. The van der Waals surface area contributed by atoms with Gasteiger partial charge in [-0.1, -0.05) is 99.2 Å². The predicted molar refractivity (Wildman–Crippen MR) is 179 cm³/mol. The number of nitrogens with zero attached hydrogens (tertiary/aromatic N) is 3. The molecule has 0 unspecified atom stereocenters. The monoisotopic (exact) mass is 639 g/mol. The van der Waals surface area contributed by atoms with Crippen LogP contribution in [-0.2, 0) is 9.59 Å². The number of amides is 1. The van der Waals surface area contributed by atoms with Crippen LogP contribution < -0.4 is 4.74 Å². The number of aromatic nitrogens is 2. The summed E-state index contributed by atoms with van der Waals surface area (Å²) in [7, 11) is 0. The third-order valence-electron chi connectivity index (χ3n) is 7.11. The summed E-state index contributed by atoms with van der Waals surface area (Å²) in [6.07, 6.45) is 13.0. The van der Waals surface area contributed by atoms with Crippen LogP contribution >= 0.6 is 35.6 Å². The van der Waals surface area contributed by atoms with Gasteiger partial charge in [-0.2, -0.15) is 5.10 Å². The van der Waals surface area contributed by atoms with Crippen molar-refractivity contribution in [3.8, 4) is 22.7 Å². The second-order valence-electron chi connectivity index (χ2n) is 10.5. The molecule has 3 aromatic rings. The number of carboxylic acids is 1. The molecule has 1 fully saturated rings. The standard InChI is InChI=1S/C33H38ClN3O4S2/c1-2-20-41-28-18-17-24(21-27(28)34)31-25(23-37(35-31)26-14-10-9-11-15-26)22-29-32(40)36(33(42)43-29)19-13-8-6-4-3-5-7-12-16-30(38)39/h9-11,14-15,17-18,21-23H,2-8,12-13,16,19-20H2,1H3,(H,38,39)/b29-22-. The third kappa shape index (κ3) is 9.42. The number of hydrogen-bond acceptors (Lipinski definition) is 6. The van der Waals surface area contributed by atoms with Crippen LogP contribution in [0.2, 0.25) is 5.02 Å². The van der Waals surface area contributed by atoms with E-state index in [0.29, 0.717) is 38.8 Å². The summed E-state index contributed by atoms with van der Waals surface area (Å²) in [5.74, 6) is -0.165. The first-order chi connectivity index (χ1) is 20.9. The van der Waals surface area contributed by atoms with E-state index >= 15 is 0 Å². The maximum Gasteiger partial charge on any atom is 0.303 e. The molecule has 4 rings (SSSR count). The molecule has 0 spiro atoms. The summed E-state index contributed by atoms with van der Waals surface area (Å²) in [6.45, 7) is 3.24. The van der Waals surface area contributed by atoms with Crippen molar-refractivity contribution in [1.82, 2.24) is 14.7 Å². The first-order valence-electron chi connectivity index (χ1n) is 14.9. The molecular formula is C33H38ClN3O4S2. The van der Waals surface area contributed by atoms with Gasteiger partial charge in [-0.3, -0.25) is 14.5 Å². The second kappa shape index (κ2) is 16.6. The zero-order chi connectivity index (χ0) is 30.6. The smallest absolute Gasteiger partial charge is 0.303 e. The van der Waals surface area contributed by atoms with Crippen molar-refractivity contribution in [3.05, 3.63) is 70.2 Å². The first-order valence-corrected chi connectivity index (χ1v) is 16.5. The highest BCUT2D eigenvalue weighted by Crippen LogP contribution is 2.37. The van der Waals surface area contributed by atoms with E-state index in [4.69, 9.17) is 38.8 Å². The highest BCUT2D eigenvalue weighted by atomic mass is 35.5. The molecule has 1 aromatic heterocycles. The Hall–Kier alpha value is -3.14. The molecule has 2 aromatic carbocycles. The fourth-order valence-corrected chi connectivity index (χ4v) is 6.38. The molecule has 7 nitrogen and oxygen atoms in total. The van der Waals surface area contributed by atoms with E-state index in [0.717, 1.165) is 74.6 Å². The van der Waals surface area contributed by atoms with Crippen molar-refractivity contribution >= 4 is 57.9 Å². The molecule has 1 saturated heterocycles. The highest BCUT2D eigenvalue weighted by molar-refractivity contribution is 8.26. The van der Waals surface area contributed by atoms with Crippen LogP contribution in [0.3, 0.4) is 0 Å². The Morgan fingerprint density at radius 2 is 1.74 bits per heavy atom. The van der Waals surface area contributed by atoms with Crippen molar-refractivity contribution < 1.29 is 19.4 Å². The minimum atomic E-state index is -0.721. The lowest BCUT2D eigenvalue weighted by molar-refractivity contribution is -0.137. The number of carboxylic acid groups (broad SMARTS) is 1. The molecular weight excluding hydrogens is 602 g/mol. The van der Waals surface area contributed by atoms with Crippen LogP contribution in [0.25, 0.3) is 23.0 Å². The maximum absolute atomic E-state index is 13.4. The predicted octanol–water partition coefficient (Wildman–Crippen LogP) is 8.78. The Morgan fingerprint density at radius 3 is 2.42 bits per heavy atom. The maximum atomic E-state index is 13.4. The molecule has 1 amide bonds. The van der Waals surface area contributed by atoms with Gasteiger partial charge in [-0.25, -0.2) is 4.68 Å². The molecule has 1 aliphatic heterocycles. The Balaban J connectivity index is 1.42. The molecule has 1 N–H and O–H groups in total. The van der Waals surface area contributed by atoms with E-state index in [9.17, 15) is 9.59 Å². The summed E-state index contributed by atoms with van der Waals surface area (Å²) in [4.78, 5) is 26.3. The van der Waals surface area contributed by atoms with E-state index in [-0.39, 0.29) is 12.3 Å². The molecule has 10 heteroatoms. The van der Waals surface area contributed by atoms with E-state index in [2.05, 4.69) is 0 Å². The normalized spacial score (nSPS) is 14.2. The fraction of sp³-hybridized carbons (Fsp3) is 0.394. The lowest BCUT2D eigenvalue weighted by Gasteiger charge is -2.14. The average molecular weight is 640 g/mol. The minimum Gasteiger partial charge on any atom is -0.492 e. The molecule has 2 heterocycles. The van der Waals surface area contributed by atoms with Crippen molar-refractivity contribution in [2.75, 3.05) is 13.2 Å². The van der Waals surface area contributed by atoms with Crippen molar-refractivity contribution in [2.45, 2.75) is 71.1 Å². The van der Waals surface area contributed by atoms with Gasteiger partial charge in [-0.15, -0.1) is 0 Å². The number of para-hydroxylation sites is 1. The quantitative estimate of drug-likeness (QED) is 0.0897. The minimum absolute atomic E-state index is 0.0758. The lowest BCUT2D eigenvalue weighted by Crippen LogP contribution is -2.29. The number of halogens is 1. The second-order valence-corrected chi connectivity index (χ2v) is 12.6. The molecule has 0 aliphatic carbocycles. The van der Waals surface area contributed by atoms with Crippen molar-refractivity contribution in [3.63, 3.8) is 0 Å². The average Bonchev–Trinajstić information content (AvgIpc) is 3.53. The van der Waals surface area contributed by atoms with Gasteiger partial charge >= 0.3 is 5.97 Å². The van der Waals surface area contributed by atoms with Crippen LogP contribution in [0, 0.1) is 0 Å². The molecule has 0 saturated carbocycles. The molecule has 0 radical (unpaired) electrons.